The first-order valence-corrected chi connectivity index (χ1v) is 8.73. The molecule has 0 radical (unpaired) electrons. The maximum Gasteiger partial charge on any atom is 0.252 e. The first-order valence-electron chi connectivity index (χ1n) is 5.68. The third kappa shape index (κ3) is 2.75. The molecule has 1 aliphatic heterocycles. The van der Waals surface area contributed by atoms with Crippen LogP contribution in [-0.4, -0.2) is 25.3 Å². The van der Waals surface area contributed by atoms with E-state index in [0.717, 1.165) is 16.6 Å². The van der Waals surface area contributed by atoms with Crippen molar-refractivity contribution in [2.24, 2.45) is 5.92 Å². The van der Waals surface area contributed by atoms with Gasteiger partial charge >= 0.3 is 0 Å². The number of thiophene rings is 1. The van der Waals surface area contributed by atoms with E-state index >= 15 is 0 Å². The minimum atomic E-state index is -3.29. The van der Waals surface area contributed by atoms with E-state index in [4.69, 9.17) is 0 Å². The van der Waals surface area contributed by atoms with Crippen LogP contribution in [0.4, 0.5) is 0 Å². The molecule has 1 saturated heterocycles. The van der Waals surface area contributed by atoms with E-state index in [1.807, 2.05) is 6.92 Å². The van der Waals surface area contributed by atoms with Crippen molar-refractivity contribution in [1.82, 2.24) is 4.31 Å². The molecule has 2 heterocycles. The molecule has 3 nitrogen and oxygen atoms in total. The summed E-state index contributed by atoms with van der Waals surface area (Å²) in [6.45, 7) is 4.82. The summed E-state index contributed by atoms with van der Waals surface area (Å²) in [4.78, 5) is 0. The van der Waals surface area contributed by atoms with E-state index < -0.39 is 10.0 Å². The Hall–Kier alpha value is 0.0900. The van der Waals surface area contributed by atoms with E-state index in [1.54, 1.807) is 16.4 Å². The highest BCUT2D eigenvalue weighted by Crippen LogP contribution is 2.32. The summed E-state index contributed by atoms with van der Waals surface area (Å²) in [5, 5.41) is 0. The topological polar surface area (TPSA) is 37.4 Å². The number of nitrogens with zero attached hydrogens (tertiary/aromatic N) is 1. The molecule has 1 aromatic heterocycles. The Morgan fingerprint density at radius 3 is 2.65 bits per heavy atom. The van der Waals surface area contributed by atoms with Crippen molar-refractivity contribution in [1.29, 1.82) is 0 Å². The van der Waals surface area contributed by atoms with Gasteiger partial charge in [-0.3, -0.25) is 0 Å². The molecule has 17 heavy (non-hydrogen) atoms. The molecule has 96 valence electrons. The van der Waals surface area contributed by atoms with E-state index in [2.05, 4.69) is 22.9 Å². The van der Waals surface area contributed by atoms with Gasteiger partial charge in [-0.2, -0.15) is 4.31 Å². The Bertz CT molecular complexity index is 497. The summed E-state index contributed by atoms with van der Waals surface area (Å²) in [5.74, 6) is 0.617. The molecule has 0 aliphatic carbocycles. The third-order valence-electron chi connectivity index (χ3n) is 3.19. The first-order chi connectivity index (χ1) is 7.91. The van der Waals surface area contributed by atoms with Crippen molar-refractivity contribution < 1.29 is 8.42 Å². The average Bonchev–Trinajstić information content (AvgIpc) is 2.64. The second-order valence-electron chi connectivity index (χ2n) is 4.65. The molecule has 0 saturated carbocycles. The molecule has 0 bridgehead atoms. The Morgan fingerprint density at radius 1 is 1.41 bits per heavy atom. The first kappa shape index (κ1) is 13.5. The Labute approximate surface area is 115 Å². The maximum absolute atomic E-state index is 12.4. The van der Waals surface area contributed by atoms with Crippen molar-refractivity contribution in [3.05, 3.63) is 15.9 Å². The standard InChI is InChI=1S/C11H16BrNO2S2/c1-8-5-6-13(9(2)7-8)17(14,15)11-4-3-10(12)16-11/h3-4,8-9H,5-7H2,1-2H3. The van der Waals surface area contributed by atoms with E-state index in [-0.39, 0.29) is 6.04 Å². The molecule has 0 aromatic carbocycles. The Kier molecular flexibility index (Phi) is 3.97. The number of hydrogen-bond donors (Lipinski definition) is 0. The SMILES string of the molecule is CC1CCN(S(=O)(=O)c2ccc(Br)s2)C(C)C1. The van der Waals surface area contributed by atoms with Crippen molar-refractivity contribution in [2.45, 2.75) is 36.9 Å². The van der Waals surface area contributed by atoms with Crippen molar-refractivity contribution in [2.75, 3.05) is 6.54 Å². The van der Waals surface area contributed by atoms with Crippen LogP contribution in [-0.2, 0) is 10.0 Å². The van der Waals surface area contributed by atoms with Gasteiger partial charge in [0.2, 0.25) is 0 Å². The van der Waals surface area contributed by atoms with Gasteiger partial charge < -0.3 is 0 Å². The monoisotopic (exact) mass is 337 g/mol. The molecule has 0 amide bonds. The van der Waals surface area contributed by atoms with Gasteiger partial charge in [0.25, 0.3) is 10.0 Å². The predicted molar refractivity (Wildman–Crippen MR) is 73.8 cm³/mol. The lowest BCUT2D eigenvalue weighted by Gasteiger charge is -2.35. The zero-order valence-electron chi connectivity index (χ0n) is 9.89. The quantitative estimate of drug-likeness (QED) is 0.830. The van der Waals surface area contributed by atoms with Crippen LogP contribution < -0.4 is 0 Å². The highest BCUT2D eigenvalue weighted by Gasteiger charge is 2.33. The van der Waals surface area contributed by atoms with Crippen LogP contribution in [0, 0.1) is 5.92 Å². The maximum atomic E-state index is 12.4. The Morgan fingerprint density at radius 2 is 2.12 bits per heavy atom. The van der Waals surface area contributed by atoms with Crippen LogP contribution in [0.3, 0.4) is 0 Å². The molecule has 2 unspecified atom stereocenters. The van der Waals surface area contributed by atoms with Crippen LogP contribution in [0.1, 0.15) is 26.7 Å². The summed E-state index contributed by atoms with van der Waals surface area (Å²) < 4.78 is 27.8. The van der Waals surface area contributed by atoms with E-state index in [0.29, 0.717) is 16.7 Å². The average molecular weight is 338 g/mol. The largest absolute Gasteiger partial charge is 0.252 e. The second kappa shape index (κ2) is 4.99. The van der Waals surface area contributed by atoms with Gasteiger partial charge in [0.05, 0.1) is 3.79 Å². The lowest BCUT2D eigenvalue weighted by Crippen LogP contribution is -2.43. The smallest absolute Gasteiger partial charge is 0.206 e. The molecule has 2 atom stereocenters. The fourth-order valence-electron chi connectivity index (χ4n) is 2.29. The number of rotatable bonds is 2. The lowest BCUT2D eigenvalue weighted by atomic mass is 9.95. The zero-order chi connectivity index (χ0) is 12.6. The number of sulfonamides is 1. The molecular formula is C11H16BrNO2S2. The van der Waals surface area contributed by atoms with Gasteiger partial charge in [-0.1, -0.05) is 6.92 Å². The molecule has 6 heteroatoms. The van der Waals surface area contributed by atoms with Crippen molar-refractivity contribution in [3.8, 4) is 0 Å². The van der Waals surface area contributed by atoms with Crippen LogP contribution >= 0.6 is 27.3 Å². The van der Waals surface area contributed by atoms with Crippen LogP contribution in [0.2, 0.25) is 0 Å². The minimum Gasteiger partial charge on any atom is -0.206 e. The highest BCUT2D eigenvalue weighted by atomic mass is 79.9. The fraction of sp³-hybridized carbons (Fsp3) is 0.636. The van der Waals surface area contributed by atoms with Gasteiger partial charge in [-0.25, -0.2) is 8.42 Å². The van der Waals surface area contributed by atoms with Crippen molar-refractivity contribution >= 4 is 37.3 Å². The summed E-state index contributed by atoms with van der Waals surface area (Å²) in [5.41, 5.74) is 0. The third-order valence-corrected chi connectivity index (χ3v) is 7.29. The molecule has 0 spiro atoms. The molecular weight excluding hydrogens is 322 g/mol. The molecule has 1 fully saturated rings. The van der Waals surface area contributed by atoms with Crippen LogP contribution in [0.15, 0.2) is 20.1 Å². The summed E-state index contributed by atoms with van der Waals surface area (Å²) in [7, 11) is -3.29. The number of hydrogen-bond acceptors (Lipinski definition) is 3. The molecule has 1 aliphatic rings. The van der Waals surface area contributed by atoms with Crippen LogP contribution in [0.25, 0.3) is 0 Å². The van der Waals surface area contributed by atoms with E-state index in [1.165, 1.54) is 11.3 Å². The molecule has 1 aromatic rings. The summed E-state index contributed by atoms with van der Waals surface area (Å²) in [6.07, 6.45) is 1.90. The van der Waals surface area contributed by atoms with Gasteiger partial charge in [0, 0.05) is 12.6 Å². The minimum absolute atomic E-state index is 0.102. The summed E-state index contributed by atoms with van der Waals surface area (Å²) in [6, 6.07) is 3.56. The van der Waals surface area contributed by atoms with Gasteiger partial charge in [0.15, 0.2) is 0 Å². The van der Waals surface area contributed by atoms with Gasteiger partial charge in [0.1, 0.15) is 4.21 Å². The van der Waals surface area contributed by atoms with Gasteiger partial charge in [-0.05, 0) is 53.7 Å². The molecule has 2 rings (SSSR count). The van der Waals surface area contributed by atoms with Gasteiger partial charge in [-0.15, -0.1) is 11.3 Å². The molecule has 0 N–H and O–H groups in total. The highest BCUT2D eigenvalue weighted by molar-refractivity contribution is 9.11. The normalized spacial score (nSPS) is 27.2. The zero-order valence-corrected chi connectivity index (χ0v) is 13.1. The van der Waals surface area contributed by atoms with Crippen molar-refractivity contribution in [3.63, 3.8) is 0 Å². The summed E-state index contributed by atoms with van der Waals surface area (Å²) >= 11 is 4.59. The number of halogens is 1. The fourth-order valence-corrected chi connectivity index (χ4v) is 6.09. The second-order valence-corrected chi connectivity index (χ2v) is 9.23. The lowest BCUT2D eigenvalue weighted by molar-refractivity contribution is 0.220. The van der Waals surface area contributed by atoms with E-state index in [9.17, 15) is 8.42 Å². The number of piperidine rings is 1. The predicted octanol–water partition coefficient (Wildman–Crippen LogP) is 3.32. The Balaban J connectivity index is 2.27. The van der Waals surface area contributed by atoms with Crippen LogP contribution in [0.5, 0.6) is 0 Å².